The molecule has 0 bridgehead atoms. The van der Waals surface area contributed by atoms with Gasteiger partial charge in [-0.05, 0) is 42.2 Å². The lowest BCUT2D eigenvalue weighted by molar-refractivity contribution is -0.686. The van der Waals surface area contributed by atoms with Crippen LogP contribution in [0.2, 0.25) is 0 Å². The summed E-state index contributed by atoms with van der Waals surface area (Å²) in [4.78, 5) is 11.7. The van der Waals surface area contributed by atoms with Crippen LogP contribution in [0, 0.1) is 13.8 Å². The van der Waals surface area contributed by atoms with Crippen LogP contribution in [0.1, 0.15) is 16.7 Å². The van der Waals surface area contributed by atoms with E-state index in [1.807, 2.05) is 0 Å². The Labute approximate surface area is 192 Å². The molecule has 0 radical (unpaired) electrons. The number of nitrogens with zero attached hydrogens (tertiary/aromatic N) is 2. The van der Waals surface area contributed by atoms with Gasteiger partial charge in [0.2, 0.25) is 0 Å². The number of hydrogen-bond acceptors (Lipinski definition) is 1. The number of benzene rings is 3. The topological polar surface area (TPSA) is 48.4 Å². The summed E-state index contributed by atoms with van der Waals surface area (Å²) in [6, 6.07) is 25.7. The third kappa shape index (κ3) is 3.60. The van der Waals surface area contributed by atoms with Gasteiger partial charge in [-0.1, -0.05) is 60.7 Å². The molecule has 0 aliphatic heterocycles. The fraction of sp³-hybridized carbons (Fsp3) is 0.103. The number of para-hydroxylation sites is 1. The molecule has 0 saturated heterocycles. The van der Waals surface area contributed by atoms with Crippen molar-refractivity contribution in [3.05, 3.63) is 108 Å². The molecule has 0 fully saturated rings. The van der Waals surface area contributed by atoms with E-state index in [4.69, 9.17) is 4.98 Å². The largest absolute Gasteiger partial charge is 0.361 e. The molecule has 0 spiro atoms. The SMILES string of the molecule is Cc1ccc(-c2ccc(-c3nc4cc[n+](Cc5c[nH]c6ccccc56)cc4[nH]3)cc2)cc1C. The maximum atomic E-state index is 4.82. The van der Waals surface area contributed by atoms with E-state index >= 15 is 0 Å². The zero-order chi connectivity index (χ0) is 22.4. The Morgan fingerprint density at radius 1 is 0.788 bits per heavy atom. The van der Waals surface area contributed by atoms with Gasteiger partial charge in [0, 0.05) is 34.3 Å². The van der Waals surface area contributed by atoms with E-state index in [1.165, 1.54) is 38.7 Å². The van der Waals surface area contributed by atoms with Crippen molar-refractivity contribution in [3.8, 4) is 22.5 Å². The number of hydrogen-bond donors (Lipinski definition) is 2. The summed E-state index contributed by atoms with van der Waals surface area (Å²) in [7, 11) is 0. The van der Waals surface area contributed by atoms with Crippen LogP contribution in [0.15, 0.2) is 91.4 Å². The van der Waals surface area contributed by atoms with E-state index in [2.05, 4.69) is 120 Å². The molecule has 0 aliphatic carbocycles. The van der Waals surface area contributed by atoms with Crippen molar-refractivity contribution in [2.75, 3.05) is 0 Å². The predicted molar refractivity (Wildman–Crippen MR) is 134 cm³/mol. The number of imidazole rings is 1. The molecular formula is C29H25N4+. The summed E-state index contributed by atoms with van der Waals surface area (Å²) in [6.07, 6.45) is 6.33. The number of fused-ring (bicyclic) bond motifs is 2. The summed E-state index contributed by atoms with van der Waals surface area (Å²) in [5, 5.41) is 1.26. The van der Waals surface area contributed by atoms with Gasteiger partial charge in [-0.2, -0.15) is 4.57 Å². The summed E-state index contributed by atoms with van der Waals surface area (Å²) in [6.45, 7) is 5.11. The highest BCUT2D eigenvalue weighted by Gasteiger charge is 2.13. The second kappa shape index (κ2) is 7.75. The molecule has 0 unspecified atom stereocenters. The van der Waals surface area contributed by atoms with Crippen LogP contribution >= 0.6 is 0 Å². The van der Waals surface area contributed by atoms with E-state index in [9.17, 15) is 0 Å². The van der Waals surface area contributed by atoms with E-state index in [-0.39, 0.29) is 0 Å². The normalized spacial score (nSPS) is 11.5. The van der Waals surface area contributed by atoms with Crippen LogP contribution in [-0.2, 0) is 6.54 Å². The molecule has 6 aromatic rings. The molecule has 0 saturated carbocycles. The Bertz CT molecular complexity index is 1600. The summed E-state index contributed by atoms with van der Waals surface area (Å²) in [5.41, 5.74) is 10.6. The number of aryl methyl sites for hydroxylation is 2. The van der Waals surface area contributed by atoms with Gasteiger partial charge >= 0.3 is 0 Å². The molecule has 0 atom stereocenters. The van der Waals surface area contributed by atoms with Crippen molar-refractivity contribution in [1.82, 2.24) is 15.0 Å². The van der Waals surface area contributed by atoms with Gasteiger partial charge in [0.05, 0.1) is 0 Å². The Morgan fingerprint density at radius 2 is 1.58 bits per heavy atom. The van der Waals surface area contributed by atoms with Crippen LogP contribution in [0.4, 0.5) is 0 Å². The van der Waals surface area contributed by atoms with Crippen molar-refractivity contribution in [1.29, 1.82) is 0 Å². The maximum absolute atomic E-state index is 4.82. The minimum Gasteiger partial charge on any atom is -0.361 e. The monoisotopic (exact) mass is 429 g/mol. The Morgan fingerprint density at radius 3 is 2.42 bits per heavy atom. The van der Waals surface area contributed by atoms with Gasteiger partial charge in [-0.3, -0.25) is 0 Å². The number of aromatic nitrogens is 4. The third-order valence-electron chi connectivity index (χ3n) is 6.51. The number of pyridine rings is 1. The average Bonchev–Trinajstić information content (AvgIpc) is 3.45. The van der Waals surface area contributed by atoms with Crippen molar-refractivity contribution < 1.29 is 4.57 Å². The highest BCUT2D eigenvalue weighted by atomic mass is 15.0. The lowest BCUT2D eigenvalue weighted by Crippen LogP contribution is -2.33. The first-order chi connectivity index (χ1) is 16.1. The van der Waals surface area contributed by atoms with Gasteiger partial charge in [-0.25, -0.2) is 4.98 Å². The predicted octanol–water partition coefficient (Wildman–Crippen LogP) is 6.33. The van der Waals surface area contributed by atoms with Crippen molar-refractivity contribution in [2.24, 2.45) is 0 Å². The molecule has 4 heteroatoms. The molecule has 4 nitrogen and oxygen atoms in total. The van der Waals surface area contributed by atoms with E-state index in [0.717, 1.165) is 29.0 Å². The number of aromatic amines is 2. The molecular weight excluding hydrogens is 404 g/mol. The molecule has 3 aromatic heterocycles. The molecule has 33 heavy (non-hydrogen) atoms. The molecule has 2 N–H and O–H groups in total. The van der Waals surface area contributed by atoms with Crippen molar-refractivity contribution >= 4 is 21.9 Å². The molecule has 0 aliphatic rings. The minimum absolute atomic E-state index is 0.805. The number of H-pyrrole nitrogens is 2. The first-order valence-corrected chi connectivity index (χ1v) is 11.3. The first kappa shape index (κ1) is 19.5. The highest BCUT2D eigenvalue weighted by Crippen LogP contribution is 2.26. The van der Waals surface area contributed by atoms with Gasteiger partial charge < -0.3 is 9.97 Å². The molecule has 3 aromatic carbocycles. The highest BCUT2D eigenvalue weighted by molar-refractivity contribution is 5.83. The Balaban J connectivity index is 1.28. The lowest BCUT2D eigenvalue weighted by atomic mass is 9.99. The van der Waals surface area contributed by atoms with Crippen LogP contribution in [0.3, 0.4) is 0 Å². The molecule has 6 rings (SSSR count). The average molecular weight is 430 g/mol. The van der Waals surface area contributed by atoms with E-state index in [1.54, 1.807) is 0 Å². The smallest absolute Gasteiger partial charge is 0.195 e. The summed E-state index contributed by atoms with van der Waals surface area (Å²) >= 11 is 0. The van der Waals surface area contributed by atoms with E-state index in [0.29, 0.717) is 0 Å². The summed E-state index contributed by atoms with van der Waals surface area (Å²) < 4.78 is 2.20. The fourth-order valence-corrected chi connectivity index (χ4v) is 4.44. The van der Waals surface area contributed by atoms with Crippen LogP contribution in [-0.4, -0.2) is 15.0 Å². The third-order valence-corrected chi connectivity index (χ3v) is 6.51. The van der Waals surface area contributed by atoms with Crippen LogP contribution in [0.5, 0.6) is 0 Å². The number of nitrogens with one attached hydrogen (secondary N) is 2. The van der Waals surface area contributed by atoms with Gasteiger partial charge in [-0.15, -0.1) is 0 Å². The quantitative estimate of drug-likeness (QED) is 0.316. The second-order valence-electron chi connectivity index (χ2n) is 8.74. The van der Waals surface area contributed by atoms with Gasteiger partial charge in [0.1, 0.15) is 16.9 Å². The fourth-order valence-electron chi connectivity index (χ4n) is 4.44. The lowest BCUT2D eigenvalue weighted by Gasteiger charge is -2.06. The van der Waals surface area contributed by atoms with Crippen LogP contribution in [0.25, 0.3) is 44.5 Å². The Hall–Kier alpha value is -4.18. The van der Waals surface area contributed by atoms with E-state index < -0.39 is 0 Å². The molecule has 160 valence electrons. The first-order valence-electron chi connectivity index (χ1n) is 11.3. The Kier molecular flexibility index (Phi) is 4.58. The minimum atomic E-state index is 0.805. The zero-order valence-corrected chi connectivity index (χ0v) is 18.8. The zero-order valence-electron chi connectivity index (χ0n) is 18.8. The van der Waals surface area contributed by atoms with Gasteiger partial charge in [0.25, 0.3) is 0 Å². The maximum Gasteiger partial charge on any atom is 0.195 e. The van der Waals surface area contributed by atoms with Crippen LogP contribution < -0.4 is 4.57 Å². The molecule has 0 amide bonds. The number of rotatable bonds is 4. The van der Waals surface area contributed by atoms with Gasteiger partial charge in [0.15, 0.2) is 18.9 Å². The molecule has 3 heterocycles. The summed E-state index contributed by atoms with van der Waals surface area (Å²) in [5.74, 6) is 0.890. The van der Waals surface area contributed by atoms with Crippen molar-refractivity contribution in [2.45, 2.75) is 20.4 Å². The second-order valence-corrected chi connectivity index (χ2v) is 8.74. The standard InChI is InChI=1S/C29H24N4/c1-19-7-8-23(15-20(19)2)21-9-11-22(12-10-21)29-31-27-13-14-33(18-28(27)32-29)17-24-16-30-26-6-4-3-5-25(24)26/h3-16,18,30H,17H2,1-2H3/p+1. The van der Waals surface area contributed by atoms with Crippen molar-refractivity contribution in [3.63, 3.8) is 0 Å².